The van der Waals surface area contributed by atoms with Crippen LogP contribution in [0.25, 0.3) is 0 Å². The molecule has 2 aromatic rings. The minimum absolute atomic E-state index is 0.336. The molecule has 0 amide bonds. The largest absolute Gasteiger partial charge is 0.311 e. The van der Waals surface area contributed by atoms with Gasteiger partial charge in [0.1, 0.15) is 5.01 Å². The highest BCUT2D eigenvalue weighted by Gasteiger charge is 2.18. The molecule has 2 rings (SSSR count). The van der Waals surface area contributed by atoms with Crippen molar-refractivity contribution in [2.45, 2.75) is 45.1 Å². The van der Waals surface area contributed by atoms with Gasteiger partial charge in [0, 0.05) is 5.38 Å². The van der Waals surface area contributed by atoms with Crippen LogP contribution in [0.4, 0.5) is 0 Å². The van der Waals surface area contributed by atoms with E-state index in [-0.39, 0.29) is 0 Å². The maximum atomic E-state index is 4.78. The number of hydrogen-bond acceptors (Lipinski definition) is 3. The van der Waals surface area contributed by atoms with E-state index >= 15 is 0 Å². The fourth-order valence-electron chi connectivity index (χ4n) is 2.34. The van der Waals surface area contributed by atoms with Gasteiger partial charge in [-0.15, -0.1) is 11.3 Å². The van der Waals surface area contributed by atoms with Gasteiger partial charge in [-0.05, 0) is 30.9 Å². The molecule has 0 bridgehead atoms. The van der Waals surface area contributed by atoms with Gasteiger partial charge in [-0.1, -0.05) is 51.1 Å². The molecule has 0 spiro atoms. The Morgan fingerprint density at radius 1 is 1.15 bits per heavy atom. The van der Waals surface area contributed by atoms with Crippen molar-refractivity contribution in [1.29, 1.82) is 0 Å². The average molecular weight is 288 g/mol. The van der Waals surface area contributed by atoms with E-state index in [1.165, 1.54) is 16.3 Å². The van der Waals surface area contributed by atoms with Crippen LogP contribution in [0.3, 0.4) is 0 Å². The number of thiazole rings is 1. The van der Waals surface area contributed by atoms with Crippen LogP contribution in [-0.4, -0.2) is 12.0 Å². The monoisotopic (exact) mass is 288 g/mol. The highest BCUT2D eigenvalue weighted by molar-refractivity contribution is 7.09. The zero-order valence-electron chi connectivity index (χ0n) is 12.8. The van der Waals surface area contributed by atoms with Crippen LogP contribution in [0.15, 0.2) is 35.7 Å². The number of benzene rings is 1. The molecule has 0 fully saturated rings. The highest BCUT2D eigenvalue weighted by atomic mass is 32.1. The first-order valence-electron chi connectivity index (χ1n) is 7.29. The Hall–Kier alpha value is -1.19. The highest BCUT2D eigenvalue weighted by Crippen LogP contribution is 2.30. The number of nitrogens with zero attached hydrogens (tertiary/aromatic N) is 1. The molecule has 0 aliphatic heterocycles. The van der Waals surface area contributed by atoms with Crippen molar-refractivity contribution < 1.29 is 0 Å². The summed E-state index contributed by atoms with van der Waals surface area (Å²) in [5, 5.41) is 6.82. The lowest BCUT2D eigenvalue weighted by Gasteiger charge is -2.19. The maximum absolute atomic E-state index is 4.78. The number of rotatable bonds is 6. The van der Waals surface area contributed by atoms with Crippen LogP contribution in [-0.2, 0) is 0 Å². The van der Waals surface area contributed by atoms with Crippen LogP contribution >= 0.6 is 11.3 Å². The average Bonchev–Trinajstić information content (AvgIpc) is 2.95. The standard InChI is InChI=1S/C17H24N2S/c1-12(2)16-11-20-17(19-16)15(18-4)10-13(3)14-8-6-5-7-9-14/h5-9,11-13,15,18H,10H2,1-4H3. The van der Waals surface area contributed by atoms with Crippen molar-refractivity contribution in [1.82, 2.24) is 10.3 Å². The molecule has 0 aliphatic rings. The van der Waals surface area contributed by atoms with E-state index in [2.05, 4.69) is 61.8 Å². The minimum Gasteiger partial charge on any atom is -0.311 e. The van der Waals surface area contributed by atoms with Gasteiger partial charge in [-0.3, -0.25) is 0 Å². The third kappa shape index (κ3) is 3.68. The molecule has 2 unspecified atom stereocenters. The third-order valence-electron chi connectivity index (χ3n) is 3.74. The Bertz CT molecular complexity index is 519. The summed E-state index contributed by atoms with van der Waals surface area (Å²) in [7, 11) is 2.03. The molecule has 0 saturated heterocycles. The normalized spacial score (nSPS) is 14.4. The Kier molecular flexibility index (Phi) is 5.32. The van der Waals surface area contributed by atoms with E-state index in [0.717, 1.165) is 6.42 Å². The lowest BCUT2D eigenvalue weighted by Crippen LogP contribution is -2.18. The SMILES string of the molecule is CNC(CC(C)c1ccccc1)c1nc(C(C)C)cs1. The molecule has 1 aromatic heterocycles. The Morgan fingerprint density at radius 2 is 1.85 bits per heavy atom. The lowest BCUT2D eigenvalue weighted by atomic mass is 9.94. The third-order valence-corrected chi connectivity index (χ3v) is 4.71. The van der Waals surface area contributed by atoms with Crippen molar-refractivity contribution in [3.63, 3.8) is 0 Å². The maximum Gasteiger partial charge on any atom is 0.110 e. The fourth-order valence-corrected chi connectivity index (χ4v) is 3.44. The zero-order valence-corrected chi connectivity index (χ0v) is 13.6. The van der Waals surface area contributed by atoms with Crippen molar-refractivity contribution in [2.75, 3.05) is 7.05 Å². The number of aromatic nitrogens is 1. The predicted molar refractivity (Wildman–Crippen MR) is 87.5 cm³/mol. The first-order valence-corrected chi connectivity index (χ1v) is 8.17. The topological polar surface area (TPSA) is 24.9 Å². The number of hydrogen-bond donors (Lipinski definition) is 1. The summed E-state index contributed by atoms with van der Waals surface area (Å²) < 4.78 is 0. The molecule has 3 heteroatoms. The summed E-state index contributed by atoms with van der Waals surface area (Å²) >= 11 is 1.77. The second-order valence-corrected chi connectivity index (χ2v) is 6.54. The summed E-state index contributed by atoms with van der Waals surface area (Å²) in [6.07, 6.45) is 1.07. The molecule has 0 aliphatic carbocycles. The van der Waals surface area contributed by atoms with Crippen molar-refractivity contribution in [3.05, 3.63) is 52.0 Å². The lowest BCUT2D eigenvalue weighted by molar-refractivity contribution is 0.498. The van der Waals surface area contributed by atoms with Gasteiger partial charge in [-0.25, -0.2) is 4.98 Å². The first-order chi connectivity index (χ1) is 9.61. The molecule has 0 saturated carbocycles. The summed E-state index contributed by atoms with van der Waals surface area (Å²) in [5.41, 5.74) is 2.60. The zero-order chi connectivity index (χ0) is 14.5. The quantitative estimate of drug-likeness (QED) is 0.832. The van der Waals surface area contributed by atoms with Crippen molar-refractivity contribution in [3.8, 4) is 0 Å². The van der Waals surface area contributed by atoms with Gasteiger partial charge >= 0.3 is 0 Å². The number of nitrogens with one attached hydrogen (secondary N) is 1. The van der Waals surface area contributed by atoms with Gasteiger partial charge in [0.2, 0.25) is 0 Å². The predicted octanol–water partition coefficient (Wildman–Crippen LogP) is 4.72. The van der Waals surface area contributed by atoms with Gasteiger partial charge in [-0.2, -0.15) is 0 Å². The molecule has 20 heavy (non-hydrogen) atoms. The molecule has 1 heterocycles. The van der Waals surface area contributed by atoms with Crippen LogP contribution in [0.1, 0.15) is 61.3 Å². The van der Waals surface area contributed by atoms with Crippen molar-refractivity contribution in [2.24, 2.45) is 0 Å². The molecular weight excluding hydrogens is 264 g/mol. The van der Waals surface area contributed by atoms with Crippen LogP contribution in [0, 0.1) is 0 Å². The second kappa shape index (κ2) is 7.00. The fraction of sp³-hybridized carbons (Fsp3) is 0.471. The minimum atomic E-state index is 0.336. The summed E-state index contributed by atoms with van der Waals surface area (Å²) in [5.74, 6) is 1.03. The van der Waals surface area contributed by atoms with E-state index in [1.54, 1.807) is 11.3 Å². The molecule has 1 aromatic carbocycles. The van der Waals surface area contributed by atoms with Crippen LogP contribution in [0.2, 0.25) is 0 Å². The van der Waals surface area contributed by atoms with E-state index in [4.69, 9.17) is 4.98 Å². The summed E-state index contributed by atoms with van der Waals surface area (Å²) in [4.78, 5) is 4.78. The molecule has 2 nitrogen and oxygen atoms in total. The first kappa shape index (κ1) is 15.2. The Balaban J connectivity index is 2.08. The van der Waals surface area contributed by atoms with Crippen LogP contribution < -0.4 is 5.32 Å². The molecule has 1 N–H and O–H groups in total. The smallest absolute Gasteiger partial charge is 0.110 e. The van der Waals surface area contributed by atoms with E-state index in [1.807, 2.05) is 7.05 Å². The van der Waals surface area contributed by atoms with Gasteiger partial charge < -0.3 is 5.32 Å². The Morgan fingerprint density at radius 3 is 2.40 bits per heavy atom. The molecule has 2 atom stereocenters. The summed E-state index contributed by atoms with van der Waals surface area (Å²) in [6, 6.07) is 11.0. The second-order valence-electron chi connectivity index (χ2n) is 5.65. The molecule has 108 valence electrons. The molecular formula is C17H24N2S. The Labute approximate surface area is 126 Å². The van der Waals surface area contributed by atoms with Gasteiger partial charge in [0.25, 0.3) is 0 Å². The van der Waals surface area contributed by atoms with Crippen molar-refractivity contribution >= 4 is 11.3 Å². The summed E-state index contributed by atoms with van der Waals surface area (Å²) in [6.45, 7) is 6.68. The van der Waals surface area contributed by atoms with E-state index in [9.17, 15) is 0 Å². The van der Waals surface area contributed by atoms with E-state index < -0.39 is 0 Å². The van der Waals surface area contributed by atoms with E-state index in [0.29, 0.717) is 17.9 Å². The molecule has 0 radical (unpaired) electrons. The van der Waals surface area contributed by atoms with Gasteiger partial charge in [0.05, 0.1) is 11.7 Å². The van der Waals surface area contributed by atoms with Crippen LogP contribution in [0.5, 0.6) is 0 Å². The van der Waals surface area contributed by atoms with Gasteiger partial charge in [0.15, 0.2) is 0 Å².